The average molecular weight is 373 g/mol. The van der Waals surface area contributed by atoms with Gasteiger partial charge in [-0.15, -0.1) is 11.3 Å². The first-order valence-electron chi connectivity index (χ1n) is 8.64. The Bertz CT molecular complexity index is 647. The molecule has 8 heteroatoms. The maximum absolute atomic E-state index is 12.5. The van der Waals surface area contributed by atoms with Crippen LogP contribution in [-0.4, -0.2) is 50.9 Å². The van der Waals surface area contributed by atoms with E-state index in [1.54, 1.807) is 6.07 Å². The van der Waals surface area contributed by atoms with Crippen molar-refractivity contribution in [1.82, 2.24) is 14.9 Å². The molecule has 1 saturated carbocycles. The summed E-state index contributed by atoms with van der Waals surface area (Å²) in [6, 6.07) is 4.18. The fourth-order valence-corrected chi connectivity index (χ4v) is 5.30. The largest absolute Gasteiger partial charge is 0.357 e. The number of sulfonamides is 1. The molecule has 1 aliphatic rings. The van der Waals surface area contributed by atoms with E-state index in [1.807, 2.05) is 26.8 Å². The van der Waals surface area contributed by atoms with Gasteiger partial charge in [0.25, 0.3) is 10.0 Å². The van der Waals surface area contributed by atoms with Crippen LogP contribution in [0.1, 0.15) is 38.5 Å². The summed E-state index contributed by atoms with van der Waals surface area (Å²) in [5, 5.41) is 6.62. The topological polar surface area (TPSA) is 73.8 Å². The van der Waals surface area contributed by atoms with Crippen LogP contribution in [0.3, 0.4) is 0 Å². The van der Waals surface area contributed by atoms with Crippen LogP contribution in [0.15, 0.2) is 21.3 Å². The summed E-state index contributed by atoms with van der Waals surface area (Å²) in [5.74, 6) is 0.854. The molecule has 1 fully saturated rings. The lowest BCUT2D eigenvalue weighted by atomic mass is 10.3. The van der Waals surface area contributed by atoms with Gasteiger partial charge in [0.05, 0.1) is 0 Å². The molecule has 6 nitrogen and oxygen atoms in total. The van der Waals surface area contributed by atoms with E-state index in [9.17, 15) is 8.42 Å². The highest BCUT2D eigenvalue weighted by molar-refractivity contribution is 7.91. The molecule has 2 rings (SSSR count). The third kappa shape index (κ3) is 5.19. The van der Waals surface area contributed by atoms with E-state index in [0.29, 0.717) is 29.9 Å². The van der Waals surface area contributed by atoms with E-state index in [2.05, 4.69) is 15.6 Å². The molecule has 0 spiro atoms. The number of rotatable bonds is 9. The predicted octanol–water partition coefficient (Wildman–Crippen LogP) is 2.04. The zero-order chi connectivity index (χ0) is 17.6. The Morgan fingerprint density at radius 3 is 2.58 bits per heavy atom. The van der Waals surface area contributed by atoms with Crippen LogP contribution < -0.4 is 10.6 Å². The quantitative estimate of drug-likeness (QED) is 0.514. The molecular formula is C16H28N4O2S2. The Morgan fingerprint density at radius 1 is 1.29 bits per heavy atom. The highest BCUT2D eigenvalue weighted by Crippen LogP contribution is 2.25. The minimum atomic E-state index is -3.35. The van der Waals surface area contributed by atoms with E-state index in [1.165, 1.54) is 28.5 Å². The number of thiophene rings is 1. The van der Waals surface area contributed by atoms with Crippen LogP contribution in [0.25, 0.3) is 0 Å². The minimum Gasteiger partial charge on any atom is -0.357 e. The molecule has 0 unspecified atom stereocenters. The summed E-state index contributed by atoms with van der Waals surface area (Å²) in [6.45, 7) is 8.24. The van der Waals surface area contributed by atoms with Crippen molar-refractivity contribution in [3.63, 3.8) is 0 Å². The van der Waals surface area contributed by atoms with Gasteiger partial charge in [0.2, 0.25) is 0 Å². The fourth-order valence-electron chi connectivity index (χ4n) is 2.34. The van der Waals surface area contributed by atoms with Crippen molar-refractivity contribution in [2.75, 3.05) is 26.2 Å². The summed E-state index contributed by atoms with van der Waals surface area (Å²) < 4.78 is 26.9. The molecule has 0 bridgehead atoms. The second kappa shape index (κ2) is 8.82. The Morgan fingerprint density at radius 2 is 2.00 bits per heavy atom. The summed E-state index contributed by atoms with van der Waals surface area (Å²) in [6.07, 6.45) is 3.17. The highest BCUT2D eigenvalue weighted by atomic mass is 32.2. The average Bonchev–Trinajstić information content (AvgIpc) is 3.22. The van der Waals surface area contributed by atoms with Crippen molar-refractivity contribution in [3.8, 4) is 0 Å². The Labute approximate surface area is 149 Å². The first kappa shape index (κ1) is 19.2. The summed E-state index contributed by atoms with van der Waals surface area (Å²) in [7, 11) is -3.35. The van der Waals surface area contributed by atoms with Gasteiger partial charge in [-0.1, -0.05) is 13.8 Å². The van der Waals surface area contributed by atoms with Crippen molar-refractivity contribution in [2.24, 2.45) is 4.99 Å². The number of hydrogen-bond donors (Lipinski definition) is 2. The van der Waals surface area contributed by atoms with Gasteiger partial charge in [0, 0.05) is 43.5 Å². The minimum absolute atomic E-state index is 0.424. The monoisotopic (exact) mass is 372 g/mol. The predicted molar refractivity (Wildman–Crippen MR) is 100 cm³/mol. The van der Waals surface area contributed by atoms with Gasteiger partial charge in [0.1, 0.15) is 4.21 Å². The molecule has 1 aliphatic carbocycles. The van der Waals surface area contributed by atoms with Crippen molar-refractivity contribution < 1.29 is 8.42 Å². The van der Waals surface area contributed by atoms with Gasteiger partial charge in [-0.3, -0.25) is 4.99 Å². The lowest BCUT2D eigenvalue weighted by molar-refractivity contribution is 0.447. The molecule has 0 atom stereocenters. The van der Waals surface area contributed by atoms with E-state index in [0.717, 1.165) is 23.8 Å². The van der Waals surface area contributed by atoms with E-state index < -0.39 is 10.0 Å². The van der Waals surface area contributed by atoms with Gasteiger partial charge < -0.3 is 10.6 Å². The third-order valence-corrected chi connectivity index (χ3v) is 7.49. The summed E-state index contributed by atoms with van der Waals surface area (Å²) >= 11 is 1.35. The van der Waals surface area contributed by atoms with E-state index in [-0.39, 0.29) is 0 Å². The van der Waals surface area contributed by atoms with Gasteiger partial charge in [-0.2, -0.15) is 4.31 Å². The third-order valence-electron chi connectivity index (χ3n) is 3.83. The number of nitrogens with one attached hydrogen (secondary N) is 2. The van der Waals surface area contributed by atoms with Crippen LogP contribution in [0, 0.1) is 0 Å². The van der Waals surface area contributed by atoms with Crippen molar-refractivity contribution in [3.05, 3.63) is 17.0 Å². The molecule has 24 heavy (non-hydrogen) atoms. The second-order valence-corrected chi connectivity index (χ2v) is 9.07. The molecule has 0 amide bonds. The summed E-state index contributed by atoms with van der Waals surface area (Å²) in [5.41, 5.74) is 0. The van der Waals surface area contributed by atoms with Crippen molar-refractivity contribution >= 4 is 27.3 Å². The van der Waals surface area contributed by atoms with Gasteiger partial charge in [-0.05, 0) is 31.9 Å². The molecule has 0 aromatic carbocycles. The first-order valence-corrected chi connectivity index (χ1v) is 10.9. The van der Waals surface area contributed by atoms with Gasteiger partial charge in [0.15, 0.2) is 5.96 Å². The Balaban J connectivity index is 1.95. The molecular weight excluding hydrogens is 344 g/mol. The molecule has 0 radical (unpaired) electrons. The number of guanidine groups is 1. The molecule has 0 saturated heterocycles. The molecule has 0 aliphatic heterocycles. The fraction of sp³-hybridized carbons (Fsp3) is 0.688. The zero-order valence-corrected chi connectivity index (χ0v) is 16.3. The lowest BCUT2D eigenvalue weighted by Crippen LogP contribution is -2.38. The molecule has 2 N–H and O–H groups in total. The van der Waals surface area contributed by atoms with Gasteiger partial charge in [-0.25, -0.2) is 8.42 Å². The smallest absolute Gasteiger partial charge is 0.252 e. The molecule has 1 aromatic rings. The van der Waals surface area contributed by atoms with Crippen molar-refractivity contribution in [1.29, 1.82) is 0 Å². The second-order valence-electron chi connectivity index (χ2n) is 5.74. The van der Waals surface area contributed by atoms with Crippen LogP contribution in [0.2, 0.25) is 0 Å². The normalized spacial score (nSPS) is 15.8. The van der Waals surface area contributed by atoms with Crippen LogP contribution in [-0.2, 0) is 16.4 Å². The number of aliphatic imine (C=N–C) groups is 1. The standard InChI is InChI=1S/C16H28N4O2S2/c1-4-17-16(19-13-7-8-13)18-12-11-14-9-10-15(23-14)24(21,22)20(5-2)6-3/h9-10,13H,4-8,11-12H2,1-3H3,(H2,17,18,19). The van der Waals surface area contributed by atoms with Crippen LogP contribution in [0.4, 0.5) is 0 Å². The van der Waals surface area contributed by atoms with Crippen LogP contribution >= 0.6 is 11.3 Å². The Kier molecular flexibility index (Phi) is 7.06. The highest BCUT2D eigenvalue weighted by Gasteiger charge is 2.23. The first-order chi connectivity index (χ1) is 11.5. The zero-order valence-electron chi connectivity index (χ0n) is 14.7. The maximum Gasteiger partial charge on any atom is 0.252 e. The molecule has 136 valence electrons. The van der Waals surface area contributed by atoms with E-state index in [4.69, 9.17) is 0 Å². The molecule has 1 heterocycles. The van der Waals surface area contributed by atoms with Crippen LogP contribution in [0.5, 0.6) is 0 Å². The van der Waals surface area contributed by atoms with E-state index >= 15 is 0 Å². The summed E-state index contributed by atoms with van der Waals surface area (Å²) in [4.78, 5) is 5.62. The van der Waals surface area contributed by atoms with Gasteiger partial charge >= 0.3 is 0 Å². The van der Waals surface area contributed by atoms with Crippen molar-refractivity contribution in [2.45, 2.75) is 50.3 Å². The molecule has 1 aromatic heterocycles. The lowest BCUT2D eigenvalue weighted by Gasteiger charge is -2.16. The Hall–Kier alpha value is -1.12. The number of hydrogen-bond acceptors (Lipinski definition) is 4. The maximum atomic E-state index is 12.5. The number of nitrogens with zero attached hydrogens (tertiary/aromatic N) is 2. The SMILES string of the molecule is CCNC(=NCCc1ccc(S(=O)(=O)N(CC)CC)s1)NC1CC1.